The molecule has 0 spiro atoms. The minimum Gasteiger partial charge on any atom is -0.451 e. The summed E-state index contributed by atoms with van der Waals surface area (Å²) in [5.41, 5.74) is 6.88. The Balaban J connectivity index is 2.24. The van der Waals surface area contributed by atoms with Crippen molar-refractivity contribution in [2.45, 2.75) is 0 Å². The lowest BCUT2D eigenvalue weighted by Gasteiger charge is -1.99. The van der Waals surface area contributed by atoms with Gasteiger partial charge in [-0.05, 0) is 24.3 Å². The molecule has 2 rings (SSSR count). The van der Waals surface area contributed by atoms with Crippen molar-refractivity contribution in [3.63, 3.8) is 0 Å². The first-order valence-electron chi connectivity index (χ1n) is 4.97. The molecule has 0 aliphatic heterocycles. The van der Waals surface area contributed by atoms with Gasteiger partial charge in [0.25, 0.3) is 5.91 Å². The molecule has 2 aromatic rings. The topological polar surface area (TPSA) is 68.3 Å². The lowest BCUT2D eigenvalue weighted by molar-refractivity contribution is 0.0932. The van der Waals surface area contributed by atoms with Gasteiger partial charge in [0, 0.05) is 16.1 Å². The van der Waals surface area contributed by atoms with Crippen LogP contribution in [0.15, 0.2) is 40.3 Å². The molecule has 0 radical (unpaired) electrons. The first kappa shape index (κ1) is 11.5. The molecule has 17 heavy (non-hydrogen) atoms. The largest absolute Gasteiger partial charge is 0.451 e. The lowest BCUT2D eigenvalue weighted by atomic mass is 10.2. The number of carbonyl (C=O) groups is 1. The number of anilines is 1. The summed E-state index contributed by atoms with van der Waals surface area (Å²) in [6.07, 6.45) is 0. The van der Waals surface area contributed by atoms with Crippen LogP contribution in [0, 0.1) is 0 Å². The summed E-state index contributed by atoms with van der Waals surface area (Å²) in [7, 11) is 0. The van der Waals surface area contributed by atoms with Crippen LogP contribution >= 0.6 is 11.6 Å². The highest BCUT2D eigenvalue weighted by molar-refractivity contribution is 6.29. The van der Waals surface area contributed by atoms with E-state index in [1.54, 1.807) is 24.3 Å². The minimum atomic E-state index is -0.332. The molecule has 1 aromatic heterocycles. The Morgan fingerprint density at radius 3 is 2.94 bits per heavy atom. The van der Waals surface area contributed by atoms with Gasteiger partial charge in [0.2, 0.25) is 0 Å². The summed E-state index contributed by atoms with van der Waals surface area (Å²) in [5, 5.41) is 3.73. The van der Waals surface area contributed by atoms with Gasteiger partial charge in [0.05, 0.1) is 6.54 Å². The Hall–Kier alpha value is -1.94. The first-order chi connectivity index (χ1) is 8.06. The van der Waals surface area contributed by atoms with Crippen molar-refractivity contribution in [1.29, 1.82) is 0 Å². The minimum absolute atomic E-state index is 0.208. The van der Waals surface area contributed by atoms with E-state index >= 15 is 0 Å². The molecule has 0 fully saturated rings. The van der Waals surface area contributed by atoms with Gasteiger partial charge in [-0.25, -0.2) is 0 Å². The summed E-state index contributed by atoms with van der Waals surface area (Å²) >= 11 is 5.55. The maximum absolute atomic E-state index is 11.7. The number of benzene rings is 1. The highest BCUT2D eigenvalue weighted by Gasteiger charge is 2.11. The highest BCUT2D eigenvalue weighted by Crippen LogP contribution is 2.21. The molecule has 0 aliphatic carbocycles. The van der Waals surface area contributed by atoms with Crippen molar-refractivity contribution >= 4 is 34.2 Å². The zero-order chi connectivity index (χ0) is 12.4. The number of rotatable bonds is 3. The number of nitrogens with one attached hydrogen (secondary N) is 1. The van der Waals surface area contributed by atoms with Crippen molar-refractivity contribution < 1.29 is 9.21 Å². The predicted octanol–water partition coefficient (Wildman–Crippen LogP) is 2.50. The quantitative estimate of drug-likeness (QED) is 0.823. The summed E-state index contributed by atoms with van der Waals surface area (Å²) in [5.74, 6) is -0.106. The summed E-state index contributed by atoms with van der Waals surface area (Å²) in [4.78, 5) is 11.7. The number of halogens is 1. The molecule has 0 atom stereocenters. The maximum Gasteiger partial charge on any atom is 0.287 e. The van der Waals surface area contributed by atoms with Crippen LogP contribution in [0.1, 0.15) is 10.6 Å². The SMILES string of the molecule is C=C(Cl)CNC(=O)c1cc2cc(N)ccc2o1. The fourth-order valence-electron chi connectivity index (χ4n) is 1.44. The van der Waals surface area contributed by atoms with Gasteiger partial charge >= 0.3 is 0 Å². The van der Waals surface area contributed by atoms with E-state index in [1.807, 2.05) is 0 Å². The predicted molar refractivity (Wildman–Crippen MR) is 68.0 cm³/mol. The van der Waals surface area contributed by atoms with Gasteiger partial charge in [0.15, 0.2) is 5.76 Å². The number of hydrogen-bond donors (Lipinski definition) is 2. The fraction of sp³-hybridized carbons (Fsp3) is 0.0833. The standard InChI is InChI=1S/C12H11ClN2O2/c1-7(13)6-15-12(16)11-5-8-4-9(14)2-3-10(8)17-11/h2-5H,1,6,14H2,(H,15,16). The van der Waals surface area contributed by atoms with E-state index in [0.717, 1.165) is 5.39 Å². The van der Waals surface area contributed by atoms with Crippen LogP contribution in [-0.2, 0) is 0 Å². The van der Waals surface area contributed by atoms with E-state index in [-0.39, 0.29) is 18.2 Å². The Morgan fingerprint density at radius 1 is 1.47 bits per heavy atom. The van der Waals surface area contributed by atoms with Crippen molar-refractivity contribution in [2.24, 2.45) is 0 Å². The number of carbonyl (C=O) groups excluding carboxylic acids is 1. The average molecular weight is 251 g/mol. The molecule has 1 aromatic carbocycles. The summed E-state index contributed by atoms with van der Waals surface area (Å²) in [6.45, 7) is 3.69. The second-order valence-electron chi connectivity index (χ2n) is 3.61. The highest BCUT2D eigenvalue weighted by atomic mass is 35.5. The van der Waals surface area contributed by atoms with Crippen LogP contribution in [-0.4, -0.2) is 12.5 Å². The number of fused-ring (bicyclic) bond motifs is 1. The van der Waals surface area contributed by atoms with E-state index in [4.69, 9.17) is 21.8 Å². The van der Waals surface area contributed by atoms with Gasteiger partial charge in [-0.15, -0.1) is 0 Å². The third kappa shape index (κ3) is 2.60. The second kappa shape index (κ2) is 4.51. The molecule has 1 amide bonds. The fourth-order valence-corrected chi connectivity index (χ4v) is 1.50. The number of nitrogens with two attached hydrogens (primary N) is 1. The van der Waals surface area contributed by atoms with Gasteiger partial charge in [-0.1, -0.05) is 18.2 Å². The summed E-state index contributed by atoms with van der Waals surface area (Å²) < 4.78 is 5.38. The Morgan fingerprint density at radius 2 is 2.24 bits per heavy atom. The van der Waals surface area contributed by atoms with Gasteiger partial charge in [-0.3, -0.25) is 4.79 Å². The molecule has 0 aliphatic rings. The van der Waals surface area contributed by atoms with Crippen LogP contribution in [0.25, 0.3) is 11.0 Å². The van der Waals surface area contributed by atoms with Crippen molar-refractivity contribution in [1.82, 2.24) is 5.32 Å². The van der Waals surface area contributed by atoms with E-state index in [1.165, 1.54) is 0 Å². The van der Waals surface area contributed by atoms with E-state index in [2.05, 4.69) is 11.9 Å². The van der Waals surface area contributed by atoms with Gasteiger partial charge in [-0.2, -0.15) is 0 Å². The Bertz CT molecular complexity index is 589. The normalized spacial score (nSPS) is 10.4. The zero-order valence-electron chi connectivity index (χ0n) is 9.00. The van der Waals surface area contributed by atoms with Crippen molar-refractivity contribution in [2.75, 3.05) is 12.3 Å². The first-order valence-corrected chi connectivity index (χ1v) is 5.34. The molecule has 0 bridgehead atoms. The van der Waals surface area contributed by atoms with E-state index in [0.29, 0.717) is 16.3 Å². The summed E-state index contributed by atoms with van der Waals surface area (Å²) in [6, 6.07) is 6.82. The van der Waals surface area contributed by atoms with Crippen LogP contribution in [0.3, 0.4) is 0 Å². The van der Waals surface area contributed by atoms with Crippen LogP contribution < -0.4 is 11.1 Å². The molecular weight excluding hydrogens is 240 g/mol. The second-order valence-corrected chi connectivity index (χ2v) is 4.14. The van der Waals surface area contributed by atoms with Gasteiger partial charge < -0.3 is 15.5 Å². The molecule has 0 saturated heterocycles. The van der Waals surface area contributed by atoms with Gasteiger partial charge in [0.1, 0.15) is 5.58 Å². The molecule has 0 unspecified atom stereocenters. The molecule has 3 N–H and O–H groups in total. The number of amides is 1. The average Bonchev–Trinajstić information content (AvgIpc) is 2.68. The van der Waals surface area contributed by atoms with Crippen molar-refractivity contribution in [3.05, 3.63) is 41.6 Å². The number of nitrogen functional groups attached to an aromatic ring is 1. The van der Waals surface area contributed by atoms with E-state index < -0.39 is 0 Å². The zero-order valence-corrected chi connectivity index (χ0v) is 9.75. The Labute approximate surface area is 103 Å². The molecule has 5 heteroatoms. The third-order valence-electron chi connectivity index (χ3n) is 2.20. The molecule has 88 valence electrons. The van der Waals surface area contributed by atoms with Crippen LogP contribution in [0.2, 0.25) is 0 Å². The number of hydrogen-bond acceptors (Lipinski definition) is 3. The van der Waals surface area contributed by atoms with Crippen molar-refractivity contribution in [3.8, 4) is 0 Å². The Kier molecular flexibility index (Phi) is 3.06. The van der Waals surface area contributed by atoms with E-state index in [9.17, 15) is 4.79 Å². The van der Waals surface area contributed by atoms with Crippen LogP contribution in [0.5, 0.6) is 0 Å². The monoisotopic (exact) mass is 250 g/mol. The molecule has 0 saturated carbocycles. The molecule has 1 heterocycles. The number of furan rings is 1. The third-order valence-corrected chi connectivity index (χ3v) is 2.34. The van der Waals surface area contributed by atoms with Crippen LogP contribution in [0.4, 0.5) is 5.69 Å². The lowest BCUT2D eigenvalue weighted by Crippen LogP contribution is -2.23. The maximum atomic E-state index is 11.7. The molecular formula is C12H11ClN2O2. The smallest absolute Gasteiger partial charge is 0.287 e. The molecule has 4 nitrogen and oxygen atoms in total.